The van der Waals surface area contributed by atoms with Gasteiger partial charge in [0.1, 0.15) is 0 Å². The summed E-state index contributed by atoms with van der Waals surface area (Å²) in [7, 11) is 0. The summed E-state index contributed by atoms with van der Waals surface area (Å²) in [5, 5.41) is 13.1. The molecule has 3 aromatic carbocycles. The molecule has 0 aliphatic heterocycles. The number of benzene rings is 3. The third kappa shape index (κ3) is 5.03. The maximum Gasteiger partial charge on any atom is 0.234 e. The fourth-order valence-corrected chi connectivity index (χ4v) is 4.30. The molecule has 0 bridgehead atoms. The summed E-state index contributed by atoms with van der Waals surface area (Å²) in [4.78, 5) is 12.6. The Morgan fingerprint density at radius 3 is 2.44 bits per heavy atom. The molecular formula is C25H23ClN4OS. The van der Waals surface area contributed by atoms with E-state index < -0.39 is 0 Å². The quantitative estimate of drug-likeness (QED) is 0.344. The second kappa shape index (κ2) is 9.59. The van der Waals surface area contributed by atoms with Crippen molar-refractivity contribution in [3.8, 4) is 17.1 Å². The topological polar surface area (TPSA) is 59.8 Å². The average Bonchev–Trinajstić information content (AvgIpc) is 3.19. The van der Waals surface area contributed by atoms with E-state index in [1.165, 1.54) is 11.8 Å². The fraction of sp³-hybridized carbons (Fsp3) is 0.160. The summed E-state index contributed by atoms with van der Waals surface area (Å²) >= 11 is 7.42. The number of aromatic nitrogens is 3. The van der Waals surface area contributed by atoms with E-state index in [-0.39, 0.29) is 11.7 Å². The van der Waals surface area contributed by atoms with Gasteiger partial charge in [0.15, 0.2) is 11.0 Å². The van der Waals surface area contributed by atoms with Crippen molar-refractivity contribution >= 4 is 35.0 Å². The normalized spacial score (nSPS) is 10.9. The molecular weight excluding hydrogens is 440 g/mol. The molecule has 0 atom stereocenters. The minimum Gasteiger partial charge on any atom is -0.325 e. The van der Waals surface area contributed by atoms with Gasteiger partial charge in [-0.2, -0.15) is 0 Å². The third-order valence-electron chi connectivity index (χ3n) is 4.98. The molecule has 0 aliphatic rings. The molecule has 1 heterocycles. The molecule has 32 heavy (non-hydrogen) atoms. The van der Waals surface area contributed by atoms with Crippen molar-refractivity contribution in [1.29, 1.82) is 0 Å². The number of thioether (sulfide) groups is 1. The Labute approximate surface area is 196 Å². The molecule has 1 amide bonds. The van der Waals surface area contributed by atoms with Crippen LogP contribution in [0.3, 0.4) is 0 Å². The van der Waals surface area contributed by atoms with E-state index in [4.69, 9.17) is 11.6 Å². The predicted octanol–water partition coefficient (Wildman–Crippen LogP) is 6.24. The Morgan fingerprint density at radius 2 is 1.72 bits per heavy atom. The van der Waals surface area contributed by atoms with Crippen molar-refractivity contribution in [2.24, 2.45) is 0 Å². The van der Waals surface area contributed by atoms with E-state index in [0.29, 0.717) is 16.0 Å². The Hall–Kier alpha value is -3.09. The molecule has 1 N–H and O–H groups in total. The number of rotatable bonds is 6. The molecule has 1 aromatic heterocycles. The van der Waals surface area contributed by atoms with Gasteiger partial charge in [0.25, 0.3) is 0 Å². The first-order valence-electron chi connectivity index (χ1n) is 10.2. The zero-order valence-corrected chi connectivity index (χ0v) is 19.7. The molecule has 0 unspecified atom stereocenters. The van der Waals surface area contributed by atoms with Crippen LogP contribution in [-0.2, 0) is 4.79 Å². The highest BCUT2D eigenvalue weighted by molar-refractivity contribution is 7.99. The molecule has 0 saturated carbocycles. The van der Waals surface area contributed by atoms with E-state index in [1.807, 2.05) is 79.9 Å². The van der Waals surface area contributed by atoms with Gasteiger partial charge in [0, 0.05) is 22.0 Å². The van der Waals surface area contributed by atoms with Gasteiger partial charge in [-0.05, 0) is 74.4 Å². The fourth-order valence-electron chi connectivity index (χ4n) is 3.42. The highest BCUT2D eigenvalue weighted by Gasteiger charge is 2.18. The number of carbonyl (C=O) groups excluding carboxylic acids is 1. The first-order valence-corrected chi connectivity index (χ1v) is 11.6. The highest BCUT2D eigenvalue weighted by Crippen LogP contribution is 2.29. The Kier molecular flexibility index (Phi) is 6.63. The number of amides is 1. The van der Waals surface area contributed by atoms with Crippen molar-refractivity contribution < 1.29 is 4.79 Å². The molecule has 162 valence electrons. The van der Waals surface area contributed by atoms with Crippen LogP contribution in [-0.4, -0.2) is 26.4 Å². The van der Waals surface area contributed by atoms with Crippen LogP contribution in [0.25, 0.3) is 17.1 Å². The van der Waals surface area contributed by atoms with E-state index in [9.17, 15) is 4.79 Å². The van der Waals surface area contributed by atoms with Crippen LogP contribution in [0.15, 0.2) is 71.9 Å². The van der Waals surface area contributed by atoms with Crippen molar-refractivity contribution in [3.05, 3.63) is 88.4 Å². The first kappa shape index (κ1) is 22.1. The third-order valence-corrected chi connectivity index (χ3v) is 6.16. The number of anilines is 1. The molecule has 0 aliphatic carbocycles. The van der Waals surface area contributed by atoms with E-state index in [2.05, 4.69) is 27.6 Å². The lowest BCUT2D eigenvalue weighted by atomic mass is 10.1. The van der Waals surface area contributed by atoms with Crippen molar-refractivity contribution in [2.75, 3.05) is 11.1 Å². The summed E-state index contributed by atoms with van der Waals surface area (Å²) in [6.45, 7) is 6.06. The number of nitrogens with one attached hydrogen (secondary N) is 1. The summed E-state index contributed by atoms with van der Waals surface area (Å²) < 4.78 is 1.98. The predicted molar refractivity (Wildman–Crippen MR) is 132 cm³/mol. The average molecular weight is 463 g/mol. The Morgan fingerprint density at radius 1 is 0.969 bits per heavy atom. The maximum atomic E-state index is 12.6. The van der Waals surface area contributed by atoms with Crippen LogP contribution in [0.2, 0.25) is 5.02 Å². The summed E-state index contributed by atoms with van der Waals surface area (Å²) in [6, 6.07) is 21.6. The molecule has 5 nitrogen and oxygen atoms in total. The van der Waals surface area contributed by atoms with Gasteiger partial charge >= 0.3 is 0 Å². The summed E-state index contributed by atoms with van der Waals surface area (Å²) in [5.41, 5.74) is 5.99. The van der Waals surface area contributed by atoms with Gasteiger partial charge in [-0.15, -0.1) is 10.2 Å². The van der Waals surface area contributed by atoms with Gasteiger partial charge in [0.2, 0.25) is 5.91 Å². The van der Waals surface area contributed by atoms with E-state index >= 15 is 0 Å². The Balaban J connectivity index is 1.60. The van der Waals surface area contributed by atoms with Crippen LogP contribution < -0.4 is 5.32 Å². The van der Waals surface area contributed by atoms with Crippen LogP contribution >= 0.6 is 23.4 Å². The van der Waals surface area contributed by atoms with Crippen LogP contribution in [0.5, 0.6) is 0 Å². The standard InChI is InChI=1S/C25H23ClN4OS/c1-16-5-4-6-21(14-16)30-24(19-8-10-20(26)11-9-19)28-29-25(30)32-15-23(31)27-22-12-7-17(2)13-18(22)3/h4-14H,15H2,1-3H3,(H,27,31). The van der Waals surface area contributed by atoms with E-state index in [0.717, 1.165) is 33.6 Å². The van der Waals surface area contributed by atoms with Crippen LogP contribution in [0.4, 0.5) is 5.69 Å². The molecule has 4 rings (SSSR count). The second-order valence-electron chi connectivity index (χ2n) is 7.64. The number of nitrogens with zero attached hydrogens (tertiary/aromatic N) is 3. The lowest BCUT2D eigenvalue weighted by Crippen LogP contribution is -2.15. The number of hydrogen-bond donors (Lipinski definition) is 1. The number of aryl methyl sites for hydroxylation is 3. The van der Waals surface area contributed by atoms with Gasteiger partial charge < -0.3 is 5.32 Å². The lowest BCUT2D eigenvalue weighted by Gasteiger charge is -2.12. The maximum absolute atomic E-state index is 12.6. The van der Waals surface area contributed by atoms with Gasteiger partial charge in [0.05, 0.1) is 5.75 Å². The van der Waals surface area contributed by atoms with Crippen LogP contribution in [0, 0.1) is 20.8 Å². The largest absolute Gasteiger partial charge is 0.325 e. The summed E-state index contributed by atoms with van der Waals surface area (Å²) in [5.74, 6) is 0.830. The van der Waals surface area contributed by atoms with E-state index in [1.54, 1.807) is 0 Å². The molecule has 0 radical (unpaired) electrons. The lowest BCUT2D eigenvalue weighted by molar-refractivity contribution is -0.113. The summed E-state index contributed by atoms with van der Waals surface area (Å²) in [6.07, 6.45) is 0. The van der Waals surface area contributed by atoms with Crippen LogP contribution in [0.1, 0.15) is 16.7 Å². The number of carbonyl (C=O) groups is 1. The number of halogens is 1. The minimum atomic E-state index is -0.0891. The van der Waals surface area contributed by atoms with Gasteiger partial charge in [-0.1, -0.05) is 53.2 Å². The molecule has 4 aromatic rings. The Bertz CT molecular complexity index is 1270. The van der Waals surface area contributed by atoms with Crippen molar-refractivity contribution in [3.63, 3.8) is 0 Å². The molecule has 0 saturated heterocycles. The van der Waals surface area contributed by atoms with Crippen molar-refractivity contribution in [1.82, 2.24) is 14.8 Å². The van der Waals surface area contributed by atoms with Gasteiger partial charge in [-0.25, -0.2) is 0 Å². The molecule has 0 fully saturated rings. The molecule has 7 heteroatoms. The van der Waals surface area contributed by atoms with Gasteiger partial charge in [-0.3, -0.25) is 9.36 Å². The molecule has 0 spiro atoms. The second-order valence-corrected chi connectivity index (χ2v) is 9.02. The SMILES string of the molecule is Cc1cccc(-n2c(SCC(=O)Nc3ccc(C)cc3C)nnc2-c2ccc(Cl)cc2)c1. The highest BCUT2D eigenvalue weighted by atomic mass is 35.5. The zero-order valence-electron chi connectivity index (χ0n) is 18.1. The smallest absolute Gasteiger partial charge is 0.234 e. The van der Waals surface area contributed by atoms with Crippen molar-refractivity contribution in [2.45, 2.75) is 25.9 Å². The first-order chi connectivity index (χ1) is 15.4. The monoisotopic (exact) mass is 462 g/mol. The minimum absolute atomic E-state index is 0.0891. The zero-order chi connectivity index (χ0) is 22.7. The number of hydrogen-bond acceptors (Lipinski definition) is 4.